The van der Waals surface area contributed by atoms with Crippen LogP contribution in [-0.4, -0.2) is 48.3 Å². The number of carboxylic acid groups (broad SMARTS) is 1. The quantitative estimate of drug-likeness (QED) is 0.845. The molecule has 2 heterocycles. The molecule has 20 heavy (non-hydrogen) atoms. The van der Waals surface area contributed by atoms with E-state index in [0.717, 1.165) is 18.8 Å². The lowest BCUT2D eigenvalue weighted by atomic mass is 9.87. The van der Waals surface area contributed by atoms with Crippen LogP contribution in [0, 0.1) is 11.8 Å². The molecule has 1 aliphatic rings. The van der Waals surface area contributed by atoms with Gasteiger partial charge in [0.05, 0.1) is 20.1 Å². The summed E-state index contributed by atoms with van der Waals surface area (Å²) < 4.78 is 10.6. The van der Waals surface area contributed by atoms with E-state index in [4.69, 9.17) is 14.6 Å². The van der Waals surface area contributed by atoms with E-state index in [-0.39, 0.29) is 11.8 Å². The zero-order chi connectivity index (χ0) is 14.7. The highest BCUT2D eigenvalue weighted by molar-refractivity contribution is 5.70. The zero-order valence-corrected chi connectivity index (χ0v) is 12.0. The van der Waals surface area contributed by atoms with Gasteiger partial charge in [-0.05, 0) is 5.92 Å². The summed E-state index contributed by atoms with van der Waals surface area (Å²) in [5, 5.41) is 8.98. The maximum absolute atomic E-state index is 10.9. The predicted octanol–water partition coefficient (Wildman–Crippen LogP) is 1.25. The van der Waals surface area contributed by atoms with Crippen LogP contribution in [0.2, 0.25) is 0 Å². The average Bonchev–Trinajstić information content (AvgIpc) is 2.40. The fourth-order valence-electron chi connectivity index (χ4n) is 2.43. The maximum atomic E-state index is 10.9. The van der Waals surface area contributed by atoms with Gasteiger partial charge in [0, 0.05) is 31.9 Å². The summed E-state index contributed by atoms with van der Waals surface area (Å²) in [7, 11) is 3.18. The Balaban J connectivity index is 1.98. The number of carbonyl (C=O) groups is 1. The maximum Gasteiger partial charge on any atom is 0.306 e. The van der Waals surface area contributed by atoms with E-state index in [1.807, 2.05) is 0 Å². The van der Waals surface area contributed by atoms with Crippen molar-refractivity contribution in [2.45, 2.75) is 13.5 Å². The summed E-state index contributed by atoms with van der Waals surface area (Å²) in [5.74, 6) is 0.487. The highest BCUT2D eigenvalue weighted by Crippen LogP contribution is 2.32. The summed E-state index contributed by atoms with van der Waals surface area (Å²) in [4.78, 5) is 17.4. The largest absolute Gasteiger partial charge is 0.493 e. The smallest absolute Gasteiger partial charge is 0.306 e. The molecular formula is C14H20N2O4. The number of carboxylic acids is 1. The van der Waals surface area contributed by atoms with Crippen LogP contribution >= 0.6 is 0 Å². The van der Waals surface area contributed by atoms with Crippen molar-refractivity contribution in [3.8, 4) is 11.5 Å². The number of aromatic nitrogens is 1. The number of methoxy groups -OCH3 is 2. The third-order valence-corrected chi connectivity index (χ3v) is 3.82. The van der Waals surface area contributed by atoms with Crippen molar-refractivity contribution >= 4 is 5.97 Å². The minimum Gasteiger partial charge on any atom is -0.493 e. The summed E-state index contributed by atoms with van der Waals surface area (Å²) in [5.41, 5.74) is 0.813. The first-order chi connectivity index (χ1) is 9.56. The van der Waals surface area contributed by atoms with Crippen molar-refractivity contribution in [2.75, 3.05) is 27.3 Å². The van der Waals surface area contributed by atoms with Gasteiger partial charge in [0.15, 0.2) is 11.5 Å². The second-order valence-electron chi connectivity index (χ2n) is 5.07. The number of rotatable bonds is 6. The summed E-state index contributed by atoms with van der Waals surface area (Å²) in [6, 6.07) is 1.76. The van der Waals surface area contributed by atoms with Crippen LogP contribution in [0.5, 0.6) is 11.5 Å². The molecule has 6 heteroatoms. The van der Waals surface area contributed by atoms with Gasteiger partial charge in [0.25, 0.3) is 0 Å². The molecule has 1 saturated heterocycles. The Morgan fingerprint density at radius 1 is 1.50 bits per heavy atom. The van der Waals surface area contributed by atoms with E-state index >= 15 is 0 Å². The third-order valence-electron chi connectivity index (χ3n) is 3.82. The summed E-state index contributed by atoms with van der Waals surface area (Å²) in [6.45, 7) is 3.95. The fourth-order valence-corrected chi connectivity index (χ4v) is 2.43. The lowest BCUT2D eigenvalue weighted by Gasteiger charge is -2.41. The van der Waals surface area contributed by atoms with Gasteiger partial charge in [-0.1, -0.05) is 6.92 Å². The molecule has 1 unspecified atom stereocenters. The average molecular weight is 280 g/mol. The highest BCUT2D eigenvalue weighted by Gasteiger charge is 2.35. The molecule has 0 bridgehead atoms. The first kappa shape index (κ1) is 14.6. The number of ether oxygens (including phenoxy) is 2. The second kappa shape index (κ2) is 6.09. The van der Waals surface area contributed by atoms with E-state index in [1.54, 1.807) is 33.4 Å². The zero-order valence-electron chi connectivity index (χ0n) is 12.0. The highest BCUT2D eigenvalue weighted by atomic mass is 16.5. The van der Waals surface area contributed by atoms with E-state index in [1.165, 1.54) is 0 Å². The van der Waals surface area contributed by atoms with Crippen LogP contribution in [0.15, 0.2) is 12.3 Å². The molecule has 0 aromatic carbocycles. The molecule has 0 aliphatic carbocycles. The van der Waals surface area contributed by atoms with Crippen molar-refractivity contribution in [1.29, 1.82) is 0 Å². The Hall–Kier alpha value is -1.82. The molecule has 0 saturated carbocycles. The first-order valence-corrected chi connectivity index (χ1v) is 6.57. The number of hydrogen-bond donors (Lipinski definition) is 1. The summed E-state index contributed by atoms with van der Waals surface area (Å²) >= 11 is 0. The van der Waals surface area contributed by atoms with Crippen molar-refractivity contribution in [2.24, 2.45) is 11.8 Å². The minimum absolute atomic E-state index is 0.212. The van der Waals surface area contributed by atoms with Gasteiger partial charge >= 0.3 is 5.97 Å². The van der Waals surface area contributed by atoms with Gasteiger partial charge in [0.1, 0.15) is 5.69 Å². The van der Waals surface area contributed by atoms with Gasteiger partial charge < -0.3 is 14.6 Å². The Bertz CT molecular complexity index is 486. The number of hydrogen-bond acceptors (Lipinski definition) is 5. The van der Waals surface area contributed by atoms with E-state index in [0.29, 0.717) is 18.0 Å². The van der Waals surface area contributed by atoms with Crippen LogP contribution in [0.25, 0.3) is 0 Å². The molecule has 0 amide bonds. The van der Waals surface area contributed by atoms with Crippen LogP contribution in [0.1, 0.15) is 12.6 Å². The normalized spacial score (nSPS) is 17.4. The summed E-state index contributed by atoms with van der Waals surface area (Å²) in [6.07, 6.45) is 1.69. The number of likely N-dealkylation sites (tertiary alicyclic amines) is 1. The van der Waals surface area contributed by atoms with Gasteiger partial charge in [-0.2, -0.15) is 0 Å². The Labute approximate surface area is 118 Å². The van der Waals surface area contributed by atoms with Crippen molar-refractivity contribution in [3.05, 3.63) is 18.0 Å². The van der Waals surface area contributed by atoms with Crippen molar-refractivity contribution < 1.29 is 19.4 Å². The van der Waals surface area contributed by atoms with Crippen LogP contribution in [-0.2, 0) is 11.3 Å². The monoisotopic (exact) mass is 280 g/mol. The van der Waals surface area contributed by atoms with Crippen molar-refractivity contribution in [3.63, 3.8) is 0 Å². The second-order valence-corrected chi connectivity index (χ2v) is 5.07. The van der Waals surface area contributed by atoms with Gasteiger partial charge in [0.2, 0.25) is 0 Å². The van der Waals surface area contributed by atoms with E-state index in [2.05, 4.69) is 9.88 Å². The molecular weight excluding hydrogens is 260 g/mol. The number of aliphatic carboxylic acids is 1. The lowest BCUT2D eigenvalue weighted by Crippen LogP contribution is -2.50. The Kier molecular flexibility index (Phi) is 4.44. The lowest BCUT2D eigenvalue weighted by molar-refractivity contribution is -0.145. The number of nitrogens with zero attached hydrogens (tertiary/aromatic N) is 2. The Morgan fingerprint density at radius 2 is 2.20 bits per heavy atom. The van der Waals surface area contributed by atoms with Gasteiger partial charge in [-0.15, -0.1) is 0 Å². The Morgan fingerprint density at radius 3 is 2.75 bits per heavy atom. The molecule has 1 aromatic rings. The fraction of sp³-hybridized carbons (Fsp3) is 0.571. The molecule has 1 N–H and O–H groups in total. The van der Waals surface area contributed by atoms with Crippen LogP contribution in [0.4, 0.5) is 0 Å². The predicted molar refractivity (Wildman–Crippen MR) is 72.9 cm³/mol. The van der Waals surface area contributed by atoms with Gasteiger partial charge in [-0.3, -0.25) is 14.7 Å². The molecule has 1 aromatic heterocycles. The van der Waals surface area contributed by atoms with Crippen LogP contribution in [0.3, 0.4) is 0 Å². The molecule has 0 spiro atoms. The first-order valence-electron chi connectivity index (χ1n) is 6.57. The van der Waals surface area contributed by atoms with E-state index < -0.39 is 5.97 Å². The molecule has 2 rings (SSSR count). The SMILES string of the molecule is COc1ccnc(CN2CC(C(C)C(=O)O)C2)c1OC. The standard InChI is InChI=1S/C14H20N2O4/c1-9(14(17)18)10-6-16(7-10)8-11-13(20-3)12(19-2)4-5-15-11/h4-5,9-10H,6-8H2,1-3H3,(H,17,18). The topological polar surface area (TPSA) is 71.9 Å². The molecule has 110 valence electrons. The molecule has 1 fully saturated rings. The third kappa shape index (κ3) is 2.85. The molecule has 1 atom stereocenters. The molecule has 1 aliphatic heterocycles. The van der Waals surface area contributed by atoms with Gasteiger partial charge in [-0.25, -0.2) is 0 Å². The number of pyridine rings is 1. The molecule has 0 radical (unpaired) electrons. The molecule has 6 nitrogen and oxygen atoms in total. The van der Waals surface area contributed by atoms with Crippen LogP contribution < -0.4 is 9.47 Å². The van der Waals surface area contributed by atoms with E-state index in [9.17, 15) is 4.79 Å². The minimum atomic E-state index is -0.730. The van der Waals surface area contributed by atoms with Crippen molar-refractivity contribution in [1.82, 2.24) is 9.88 Å².